The van der Waals surface area contributed by atoms with E-state index in [2.05, 4.69) is 26.3 Å². The third-order valence-electron chi connectivity index (χ3n) is 6.67. The van der Waals surface area contributed by atoms with E-state index in [1.165, 1.54) is 6.20 Å². The van der Waals surface area contributed by atoms with Crippen LogP contribution in [0, 0.1) is 11.3 Å². The first kappa shape index (κ1) is 22.2. The van der Waals surface area contributed by atoms with E-state index in [0.29, 0.717) is 29.5 Å². The zero-order chi connectivity index (χ0) is 24.7. The Labute approximate surface area is 207 Å². The van der Waals surface area contributed by atoms with Crippen molar-refractivity contribution in [3.05, 3.63) is 77.3 Å². The van der Waals surface area contributed by atoms with Crippen molar-refractivity contribution in [3.63, 3.8) is 0 Å². The molecule has 0 bridgehead atoms. The van der Waals surface area contributed by atoms with E-state index < -0.39 is 5.41 Å². The second-order valence-electron chi connectivity index (χ2n) is 9.51. The first-order valence-electron chi connectivity index (χ1n) is 11.9. The van der Waals surface area contributed by atoms with Gasteiger partial charge in [-0.3, -0.25) is 19.7 Å². The number of nitriles is 1. The van der Waals surface area contributed by atoms with Gasteiger partial charge in [0.2, 0.25) is 0 Å². The standard InChI is InChI=1S/C27H23N7O2/c1-27(14-28)15-36-13-25-20(27)6-18(9-31-25)26(35)32-10-19-7-22-17(8-30-19)4-5-21(33-22)24-12-29-11-23(34-24)16-2-3-16/h4-9,11-12,16H,2-3,10,13,15H2,1H3,(H,32,35)/t27-/m1/s1. The van der Waals surface area contributed by atoms with Crippen LogP contribution in [0.25, 0.3) is 22.3 Å². The molecule has 1 atom stereocenters. The number of nitrogens with zero attached hydrogens (tertiary/aromatic N) is 6. The van der Waals surface area contributed by atoms with Gasteiger partial charge in [0.1, 0.15) is 11.1 Å². The first-order chi connectivity index (χ1) is 17.5. The lowest BCUT2D eigenvalue weighted by molar-refractivity contribution is 0.0726. The third kappa shape index (κ3) is 4.16. The topological polar surface area (TPSA) is 127 Å². The molecular formula is C27H23N7O2. The van der Waals surface area contributed by atoms with Crippen LogP contribution < -0.4 is 5.32 Å². The van der Waals surface area contributed by atoms with Gasteiger partial charge >= 0.3 is 0 Å². The Morgan fingerprint density at radius 3 is 2.86 bits per heavy atom. The van der Waals surface area contributed by atoms with E-state index in [-0.39, 0.29) is 19.1 Å². The van der Waals surface area contributed by atoms with Crippen molar-refractivity contribution in [2.24, 2.45) is 0 Å². The summed E-state index contributed by atoms with van der Waals surface area (Å²) in [4.78, 5) is 35.6. The van der Waals surface area contributed by atoms with Crippen LogP contribution in [0.4, 0.5) is 0 Å². The largest absolute Gasteiger partial charge is 0.373 e. The lowest BCUT2D eigenvalue weighted by Crippen LogP contribution is -2.33. The molecule has 4 aromatic rings. The Balaban J connectivity index is 1.21. The van der Waals surface area contributed by atoms with Gasteiger partial charge in [0.15, 0.2) is 0 Å². The highest BCUT2D eigenvalue weighted by Crippen LogP contribution is 2.39. The van der Waals surface area contributed by atoms with E-state index in [1.807, 2.05) is 24.4 Å². The Kier molecular flexibility index (Phi) is 5.38. The molecule has 5 heterocycles. The number of amides is 1. The molecule has 2 aliphatic rings. The van der Waals surface area contributed by atoms with Crippen LogP contribution in [0.15, 0.2) is 49.1 Å². The summed E-state index contributed by atoms with van der Waals surface area (Å²) in [6.45, 7) is 2.63. The average molecular weight is 478 g/mol. The van der Waals surface area contributed by atoms with Crippen LogP contribution >= 0.6 is 0 Å². The van der Waals surface area contributed by atoms with Crippen molar-refractivity contribution >= 4 is 16.8 Å². The average Bonchev–Trinajstić information content (AvgIpc) is 3.77. The molecular weight excluding hydrogens is 454 g/mol. The fourth-order valence-electron chi connectivity index (χ4n) is 4.38. The monoisotopic (exact) mass is 477 g/mol. The van der Waals surface area contributed by atoms with Gasteiger partial charge < -0.3 is 10.1 Å². The molecule has 0 aromatic carbocycles. The molecule has 36 heavy (non-hydrogen) atoms. The van der Waals surface area contributed by atoms with Crippen LogP contribution in [-0.2, 0) is 23.3 Å². The minimum Gasteiger partial charge on any atom is -0.373 e. The van der Waals surface area contributed by atoms with Crippen LogP contribution in [0.5, 0.6) is 0 Å². The maximum absolute atomic E-state index is 12.9. The molecule has 0 unspecified atom stereocenters. The first-order valence-corrected chi connectivity index (χ1v) is 11.9. The zero-order valence-corrected chi connectivity index (χ0v) is 19.7. The minimum atomic E-state index is -0.831. The van der Waals surface area contributed by atoms with Crippen LogP contribution in [0.1, 0.15) is 58.7 Å². The number of rotatable bonds is 5. The molecule has 1 aliphatic carbocycles. The highest BCUT2D eigenvalue weighted by atomic mass is 16.5. The molecule has 4 aromatic heterocycles. The van der Waals surface area contributed by atoms with Gasteiger partial charge in [-0.15, -0.1) is 0 Å². The van der Waals surface area contributed by atoms with Gasteiger partial charge in [0, 0.05) is 29.9 Å². The summed E-state index contributed by atoms with van der Waals surface area (Å²) in [6, 6.07) is 9.78. The Morgan fingerprint density at radius 2 is 2.03 bits per heavy atom. The molecule has 0 saturated heterocycles. The number of nitrogens with one attached hydrogen (secondary N) is 1. The van der Waals surface area contributed by atoms with E-state index >= 15 is 0 Å². The molecule has 1 aliphatic heterocycles. The molecule has 0 radical (unpaired) electrons. The predicted octanol–water partition coefficient (Wildman–Crippen LogP) is 3.60. The molecule has 9 heteroatoms. The molecule has 1 saturated carbocycles. The number of hydrogen-bond acceptors (Lipinski definition) is 8. The summed E-state index contributed by atoms with van der Waals surface area (Å²) in [7, 11) is 0. The van der Waals surface area contributed by atoms with Gasteiger partial charge in [0.05, 0.1) is 65.9 Å². The fourth-order valence-corrected chi connectivity index (χ4v) is 4.38. The fraction of sp³-hybridized carbons (Fsp3) is 0.296. The number of ether oxygens (including phenoxy) is 1. The zero-order valence-electron chi connectivity index (χ0n) is 19.7. The maximum atomic E-state index is 12.9. The SMILES string of the molecule is C[C@@]1(C#N)COCc2ncc(C(=O)NCc3cc4nc(-c5cncc(C6CC6)n5)ccc4cn3)cc21. The Bertz CT molecular complexity index is 1540. The smallest absolute Gasteiger partial charge is 0.253 e. The third-order valence-corrected chi connectivity index (χ3v) is 6.67. The van der Waals surface area contributed by atoms with Crippen molar-refractivity contribution < 1.29 is 9.53 Å². The van der Waals surface area contributed by atoms with Crippen molar-refractivity contribution in [1.29, 1.82) is 5.26 Å². The summed E-state index contributed by atoms with van der Waals surface area (Å²) in [5.41, 5.74) is 4.96. The molecule has 0 spiro atoms. The van der Waals surface area contributed by atoms with Gasteiger partial charge in [0.25, 0.3) is 5.91 Å². The quantitative estimate of drug-likeness (QED) is 0.462. The lowest BCUT2D eigenvalue weighted by Gasteiger charge is -2.29. The highest BCUT2D eigenvalue weighted by molar-refractivity contribution is 5.94. The summed E-state index contributed by atoms with van der Waals surface area (Å²) in [5.74, 6) is 0.234. The summed E-state index contributed by atoms with van der Waals surface area (Å²) in [6.07, 6.45) is 9.16. The second kappa shape index (κ2) is 8.73. The maximum Gasteiger partial charge on any atom is 0.253 e. The van der Waals surface area contributed by atoms with Crippen LogP contribution in [0.3, 0.4) is 0 Å². The minimum absolute atomic E-state index is 0.230. The molecule has 6 rings (SSSR count). The van der Waals surface area contributed by atoms with E-state index in [1.54, 1.807) is 25.4 Å². The number of carbonyl (C=O) groups is 1. The van der Waals surface area contributed by atoms with Crippen molar-refractivity contribution in [2.45, 2.75) is 44.2 Å². The van der Waals surface area contributed by atoms with Gasteiger partial charge in [-0.1, -0.05) is 0 Å². The van der Waals surface area contributed by atoms with Crippen molar-refractivity contribution in [1.82, 2.24) is 30.2 Å². The van der Waals surface area contributed by atoms with E-state index in [0.717, 1.165) is 46.4 Å². The van der Waals surface area contributed by atoms with Gasteiger partial charge in [-0.05, 0) is 49.6 Å². The van der Waals surface area contributed by atoms with Crippen LogP contribution in [0.2, 0.25) is 0 Å². The van der Waals surface area contributed by atoms with Crippen molar-refractivity contribution in [2.75, 3.05) is 6.61 Å². The normalized spacial score (nSPS) is 18.9. The second-order valence-corrected chi connectivity index (χ2v) is 9.51. The van der Waals surface area contributed by atoms with Crippen LogP contribution in [-0.4, -0.2) is 37.4 Å². The molecule has 1 N–H and O–H groups in total. The molecule has 178 valence electrons. The molecule has 9 nitrogen and oxygen atoms in total. The summed E-state index contributed by atoms with van der Waals surface area (Å²) in [5, 5.41) is 13.4. The highest BCUT2D eigenvalue weighted by Gasteiger charge is 2.34. The molecule has 1 amide bonds. The van der Waals surface area contributed by atoms with Gasteiger partial charge in [-0.2, -0.15) is 5.26 Å². The number of hydrogen-bond donors (Lipinski definition) is 1. The Morgan fingerprint density at radius 1 is 1.14 bits per heavy atom. The van der Waals surface area contributed by atoms with Gasteiger partial charge in [-0.25, -0.2) is 9.97 Å². The van der Waals surface area contributed by atoms with Crippen molar-refractivity contribution in [3.8, 4) is 17.5 Å². The van der Waals surface area contributed by atoms with E-state index in [4.69, 9.17) is 14.7 Å². The Hall–Kier alpha value is -4.29. The number of fused-ring (bicyclic) bond motifs is 2. The number of pyridine rings is 3. The number of carbonyl (C=O) groups excluding carboxylic acids is 1. The summed E-state index contributed by atoms with van der Waals surface area (Å²) >= 11 is 0. The lowest BCUT2D eigenvalue weighted by atomic mass is 9.82. The van der Waals surface area contributed by atoms with E-state index in [9.17, 15) is 10.1 Å². The molecule has 1 fully saturated rings. The number of aromatic nitrogens is 5. The predicted molar refractivity (Wildman–Crippen MR) is 131 cm³/mol. The summed E-state index contributed by atoms with van der Waals surface area (Å²) < 4.78 is 5.49.